The normalized spacial score (nSPS) is 12.6. The number of aliphatic imine (C=N–C) groups is 1. The van der Waals surface area contributed by atoms with Gasteiger partial charge in [0.2, 0.25) is 0 Å². The Labute approximate surface area is 117 Å². The van der Waals surface area contributed by atoms with Crippen LogP contribution in [0.1, 0.15) is 18.1 Å². The fraction of sp³-hybridized carbons (Fsp3) is 0.118. The SMILES string of the molecule is CN=C(/C=C(\C)c1ccc(F)cc1)c1cccc(O)c1. The van der Waals surface area contributed by atoms with Crippen LogP contribution >= 0.6 is 0 Å². The van der Waals surface area contributed by atoms with Crippen LogP contribution in [0.4, 0.5) is 4.39 Å². The molecule has 102 valence electrons. The number of rotatable bonds is 3. The van der Waals surface area contributed by atoms with E-state index in [4.69, 9.17) is 0 Å². The molecule has 0 saturated carbocycles. The monoisotopic (exact) mass is 269 g/mol. The number of aromatic hydroxyl groups is 1. The largest absolute Gasteiger partial charge is 0.508 e. The molecule has 0 aliphatic rings. The molecule has 0 bridgehead atoms. The standard InChI is InChI=1S/C17H16FNO/c1-12(13-6-8-15(18)9-7-13)10-17(19-2)14-4-3-5-16(20)11-14/h3-11,20H,1-2H3/b12-10+,19-17?. The molecule has 0 heterocycles. The highest BCUT2D eigenvalue weighted by Gasteiger charge is 2.03. The van der Waals surface area contributed by atoms with Crippen molar-refractivity contribution in [3.8, 4) is 5.75 Å². The molecular weight excluding hydrogens is 253 g/mol. The third-order valence-electron chi connectivity index (χ3n) is 3.04. The fourth-order valence-corrected chi connectivity index (χ4v) is 1.94. The summed E-state index contributed by atoms with van der Waals surface area (Å²) >= 11 is 0. The molecular formula is C17H16FNO. The minimum atomic E-state index is -0.251. The number of benzene rings is 2. The summed E-state index contributed by atoms with van der Waals surface area (Å²) < 4.78 is 12.9. The van der Waals surface area contributed by atoms with Gasteiger partial charge in [0.25, 0.3) is 0 Å². The fourth-order valence-electron chi connectivity index (χ4n) is 1.94. The summed E-state index contributed by atoms with van der Waals surface area (Å²) in [5.41, 5.74) is 3.53. The summed E-state index contributed by atoms with van der Waals surface area (Å²) in [6.07, 6.45) is 1.92. The zero-order valence-corrected chi connectivity index (χ0v) is 11.5. The van der Waals surface area contributed by atoms with Crippen molar-refractivity contribution in [2.75, 3.05) is 7.05 Å². The number of phenolic OH excluding ortho intramolecular Hbond substituents is 1. The van der Waals surface area contributed by atoms with Crippen LogP contribution in [0.25, 0.3) is 5.57 Å². The van der Waals surface area contributed by atoms with Crippen molar-refractivity contribution in [3.05, 3.63) is 71.6 Å². The molecule has 0 aromatic heterocycles. The Morgan fingerprint density at radius 3 is 2.40 bits per heavy atom. The van der Waals surface area contributed by atoms with Gasteiger partial charge in [-0.05, 0) is 48.4 Å². The van der Waals surface area contributed by atoms with Crippen LogP contribution < -0.4 is 0 Å². The van der Waals surface area contributed by atoms with Crippen molar-refractivity contribution in [1.29, 1.82) is 0 Å². The molecule has 3 heteroatoms. The van der Waals surface area contributed by atoms with Crippen molar-refractivity contribution in [1.82, 2.24) is 0 Å². The zero-order valence-electron chi connectivity index (χ0n) is 11.5. The molecule has 0 atom stereocenters. The second kappa shape index (κ2) is 6.15. The molecule has 0 amide bonds. The van der Waals surface area contributed by atoms with Crippen LogP contribution in [0, 0.1) is 5.82 Å². The number of hydrogen-bond acceptors (Lipinski definition) is 2. The van der Waals surface area contributed by atoms with E-state index in [0.29, 0.717) is 0 Å². The summed E-state index contributed by atoms with van der Waals surface area (Å²) in [6.45, 7) is 1.95. The molecule has 0 saturated heterocycles. The van der Waals surface area contributed by atoms with Crippen LogP contribution in [0.3, 0.4) is 0 Å². The minimum Gasteiger partial charge on any atom is -0.508 e. The minimum absolute atomic E-state index is 0.205. The maximum atomic E-state index is 12.9. The lowest BCUT2D eigenvalue weighted by Crippen LogP contribution is -1.97. The van der Waals surface area contributed by atoms with Gasteiger partial charge in [0, 0.05) is 12.6 Å². The Morgan fingerprint density at radius 1 is 1.10 bits per heavy atom. The van der Waals surface area contributed by atoms with Crippen LogP contribution in [0.5, 0.6) is 5.75 Å². The first kappa shape index (κ1) is 14.0. The highest BCUT2D eigenvalue weighted by molar-refractivity contribution is 6.12. The third kappa shape index (κ3) is 3.32. The molecule has 0 aliphatic heterocycles. The van der Waals surface area contributed by atoms with Gasteiger partial charge in [-0.15, -0.1) is 0 Å². The number of nitrogens with zero attached hydrogens (tertiary/aromatic N) is 1. The third-order valence-corrected chi connectivity index (χ3v) is 3.04. The molecule has 20 heavy (non-hydrogen) atoms. The Balaban J connectivity index is 2.34. The molecule has 0 aliphatic carbocycles. The quantitative estimate of drug-likeness (QED) is 0.837. The maximum Gasteiger partial charge on any atom is 0.123 e. The predicted octanol–water partition coefficient (Wildman–Crippen LogP) is 4.05. The van der Waals surface area contributed by atoms with Gasteiger partial charge < -0.3 is 5.11 Å². The second-order valence-corrected chi connectivity index (χ2v) is 4.49. The molecule has 0 radical (unpaired) electrons. The van der Waals surface area contributed by atoms with Crippen molar-refractivity contribution >= 4 is 11.3 Å². The Kier molecular flexibility index (Phi) is 4.31. The summed E-state index contributed by atoms with van der Waals surface area (Å²) in [5, 5.41) is 9.52. The van der Waals surface area contributed by atoms with E-state index in [1.807, 2.05) is 19.1 Å². The predicted molar refractivity (Wildman–Crippen MR) is 80.6 cm³/mol. The van der Waals surface area contributed by atoms with E-state index in [-0.39, 0.29) is 11.6 Å². The van der Waals surface area contributed by atoms with Crippen molar-refractivity contribution in [2.24, 2.45) is 4.99 Å². The second-order valence-electron chi connectivity index (χ2n) is 4.49. The van der Waals surface area contributed by atoms with Gasteiger partial charge in [-0.25, -0.2) is 4.39 Å². The van der Waals surface area contributed by atoms with E-state index in [1.54, 1.807) is 37.4 Å². The number of phenols is 1. The molecule has 1 N–H and O–H groups in total. The van der Waals surface area contributed by atoms with Gasteiger partial charge in [-0.2, -0.15) is 0 Å². The first-order chi connectivity index (χ1) is 9.60. The van der Waals surface area contributed by atoms with Gasteiger partial charge in [-0.3, -0.25) is 4.99 Å². The van der Waals surface area contributed by atoms with Crippen LogP contribution in [0.2, 0.25) is 0 Å². The first-order valence-corrected chi connectivity index (χ1v) is 6.30. The average Bonchev–Trinajstić information content (AvgIpc) is 2.45. The maximum absolute atomic E-state index is 12.9. The molecule has 2 nitrogen and oxygen atoms in total. The Morgan fingerprint density at radius 2 is 1.80 bits per heavy atom. The van der Waals surface area contributed by atoms with Crippen molar-refractivity contribution < 1.29 is 9.50 Å². The zero-order chi connectivity index (χ0) is 14.5. The lowest BCUT2D eigenvalue weighted by molar-refractivity contribution is 0.475. The van der Waals surface area contributed by atoms with Crippen LogP contribution in [-0.4, -0.2) is 17.9 Å². The van der Waals surface area contributed by atoms with Gasteiger partial charge in [-0.1, -0.05) is 24.3 Å². The van der Waals surface area contributed by atoms with E-state index >= 15 is 0 Å². The summed E-state index contributed by atoms with van der Waals surface area (Å²) in [5.74, 6) is -0.0459. The van der Waals surface area contributed by atoms with Gasteiger partial charge >= 0.3 is 0 Å². The van der Waals surface area contributed by atoms with Crippen LogP contribution in [-0.2, 0) is 0 Å². The topological polar surface area (TPSA) is 32.6 Å². The smallest absolute Gasteiger partial charge is 0.123 e. The van der Waals surface area contributed by atoms with E-state index in [9.17, 15) is 9.50 Å². The van der Waals surface area contributed by atoms with Gasteiger partial charge in [0.15, 0.2) is 0 Å². The van der Waals surface area contributed by atoms with E-state index in [2.05, 4.69) is 4.99 Å². The summed E-state index contributed by atoms with van der Waals surface area (Å²) in [7, 11) is 1.70. The summed E-state index contributed by atoms with van der Waals surface area (Å²) in [4.78, 5) is 4.24. The summed E-state index contributed by atoms with van der Waals surface area (Å²) in [6, 6.07) is 13.3. The number of hydrogen-bond donors (Lipinski definition) is 1. The van der Waals surface area contributed by atoms with Gasteiger partial charge in [0.05, 0.1) is 5.71 Å². The van der Waals surface area contributed by atoms with E-state index in [1.165, 1.54) is 12.1 Å². The van der Waals surface area contributed by atoms with Crippen molar-refractivity contribution in [3.63, 3.8) is 0 Å². The van der Waals surface area contributed by atoms with Gasteiger partial charge in [0.1, 0.15) is 11.6 Å². The van der Waals surface area contributed by atoms with Crippen molar-refractivity contribution in [2.45, 2.75) is 6.92 Å². The molecule has 0 fully saturated rings. The average molecular weight is 269 g/mol. The molecule has 0 spiro atoms. The Hall–Kier alpha value is -2.42. The lowest BCUT2D eigenvalue weighted by Gasteiger charge is -2.05. The van der Waals surface area contributed by atoms with Crippen LogP contribution in [0.15, 0.2) is 59.6 Å². The molecule has 2 aromatic carbocycles. The molecule has 2 rings (SSSR count). The molecule has 2 aromatic rings. The van der Waals surface area contributed by atoms with E-state index in [0.717, 1.165) is 22.4 Å². The lowest BCUT2D eigenvalue weighted by atomic mass is 10.0. The number of halogens is 1. The first-order valence-electron chi connectivity index (χ1n) is 6.30. The van der Waals surface area contributed by atoms with E-state index < -0.39 is 0 Å². The molecule has 0 unspecified atom stereocenters. The highest BCUT2D eigenvalue weighted by Crippen LogP contribution is 2.18. The number of allylic oxidation sites excluding steroid dienone is 2. The highest BCUT2D eigenvalue weighted by atomic mass is 19.1. The Bertz CT molecular complexity index is 657.